The quantitative estimate of drug-likeness (QED) is 0.605. The molecule has 3 rings (SSSR count). The molecule has 0 spiro atoms. The summed E-state index contributed by atoms with van der Waals surface area (Å²) in [7, 11) is -3.29. The molecule has 10 heteroatoms. The van der Waals surface area contributed by atoms with Crippen molar-refractivity contribution in [3.8, 4) is 0 Å². The number of nitrogens with zero attached hydrogens (tertiary/aromatic N) is 2. The minimum Gasteiger partial charge on any atom is -0.462 e. The van der Waals surface area contributed by atoms with E-state index in [1.807, 2.05) is 65.0 Å². The van der Waals surface area contributed by atoms with E-state index in [1.54, 1.807) is 0 Å². The maximum absolute atomic E-state index is 11.4. The third-order valence-corrected chi connectivity index (χ3v) is 5.37. The van der Waals surface area contributed by atoms with Gasteiger partial charge in [0.1, 0.15) is 16.2 Å². The number of hydrogen-bond donors (Lipinski definition) is 2. The van der Waals surface area contributed by atoms with E-state index < -0.39 is 9.84 Å². The lowest BCUT2D eigenvalue weighted by molar-refractivity contribution is -0.138. The standard InChI is InChI=1S/C18H22N4O3S.C5H10O2/c1-18(2)22-15(12-25-18)9-6-13-4-7-14(8-5-13)21-17-19-10-16(11-20-17)26(3,23)24;1-5(2,3)7-4-6/h4-11,15,22H,12H2,1-3H3,(H,19,20,21);4H,1-3H3. The molecule has 0 radical (unpaired) electrons. The fraction of sp³-hybridized carbons (Fsp3) is 0.435. The van der Waals surface area contributed by atoms with Gasteiger partial charge in [0.25, 0.3) is 6.47 Å². The Morgan fingerprint density at radius 3 is 2.21 bits per heavy atom. The molecule has 1 unspecified atom stereocenters. The molecule has 0 amide bonds. The number of aromatic nitrogens is 2. The van der Waals surface area contributed by atoms with Crippen molar-refractivity contribution in [1.29, 1.82) is 0 Å². The van der Waals surface area contributed by atoms with Crippen molar-refractivity contribution < 1.29 is 22.7 Å². The van der Waals surface area contributed by atoms with Crippen LogP contribution in [0.25, 0.3) is 6.08 Å². The fourth-order valence-electron chi connectivity index (χ4n) is 2.68. The van der Waals surface area contributed by atoms with Crippen molar-refractivity contribution in [3.05, 3.63) is 48.3 Å². The first-order valence-electron chi connectivity index (χ1n) is 10.4. The molecule has 2 aromatic rings. The summed E-state index contributed by atoms with van der Waals surface area (Å²) < 4.78 is 33.0. The first-order valence-corrected chi connectivity index (χ1v) is 12.3. The van der Waals surface area contributed by atoms with E-state index in [0.717, 1.165) is 17.5 Å². The minimum absolute atomic E-state index is 0.0937. The molecular weight excluding hydrogens is 444 g/mol. The molecule has 9 nitrogen and oxygen atoms in total. The Morgan fingerprint density at radius 2 is 1.79 bits per heavy atom. The summed E-state index contributed by atoms with van der Waals surface area (Å²) in [6.07, 6.45) is 7.84. The molecule has 1 saturated heterocycles. The number of carbonyl (C=O) groups is 1. The Hall–Kier alpha value is -2.82. The summed E-state index contributed by atoms with van der Waals surface area (Å²) in [5, 5.41) is 6.42. The van der Waals surface area contributed by atoms with Gasteiger partial charge in [-0.2, -0.15) is 0 Å². The molecule has 33 heavy (non-hydrogen) atoms. The van der Waals surface area contributed by atoms with Crippen LogP contribution < -0.4 is 10.6 Å². The zero-order chi connectivity index (χ0) is 24.7. The summed E-state index contributed by atoms with van der Waals surface area (Å²) in [4.78, 5) is 17.7. The second kappa shape index (κ2) is 10.9. The van der Waals surface area contributed by atoms with Gasteiger partial charge in [0.05, 0.1) is 25.0 Å². The average Bonchev–Trinajstić information content (AvgIpc) is 3.05. The number of sulfone groups is 1. The van der Waals surface area contributed by atoms with Gasteiger partial charge in [-0.15, -0.1) is 0 Å². The van der Waals surface area contributed by atoms with Crippen LogP contribution in [0.3, 0.4) is 0 Å². The van der Waals surface area contributed by atoms with Crippen molar-refractivity contribution in [3.63, 3.8) is 0 Å². The van der Waals surface area contributed by atoms with Crippen molar-refractivity contribution in [2.45, 2.75) is 56.9 Å². The predicted molar refractivity (Wildman–Crippen MR) is 128 cm³/mol. The van der Waals surface area contributed by atoms with Crippen LogP contribution in [-0.2, 0) is 24.1 Å². The molecular formula is C23H32N4O5S. The highest BCUT2D eigenvalue weighted by molar-refractivity contribution is 7.90. The van der Waals surface area contributed by atoms with Crippen LogP contribution in [-0.4, -0.2) is 55.1 Å². The highest BCUT2D eigenvalue weighted by atomic mass is 32.2. The maximum Gasteiger partial charge on any atom is 0.293 e. The number of benzene rings is 1. The summed E-state index contributed by atoms with van der Waals surface area (Å²) in [5.41, 5.74) is 1.28. The Labute approximate surface area is 195 Å². The molecule has 1 aliphatic heterocycles. The molecule has 180 valence electrons. The van der Waals surface area contributed by atoms with Gasteiger partial charge in [0.15, 0.2) is 9.84 Å². The summed E-state index contributed by atoms with van der Waals surface area (Å²) >= 11 is 0. The molecule has 0 aliphatic carbocycles. The van der Waals surface area contributed by atoms with Crippen LogP contribution in [0.4, 0.5) is 11.6 Å². The third kappa shape index (κ3) is 9.68. The third-order valence-electron chi connectivity index (χ3n) is 4.30. The lowest BCUT2D eigenvalue weighted by Gasteiger charge is -2.16. The van der Waals surface area contributed by atoms with Crippen LogP contribution in [0.5, 0.6) is 0 Å². The van der Waals surface area contributed by atoms with Crippen LogP contribution in [0.2, 0.25) is 0 Å². The normalized spacial score (nSPS) is 17.8. The summed E-state index contributed by atoms with van der Waals surface area (Å²) in [6, 6.07) is 7.98. The fourth-order valence-corrected chi connectivity index (χ4v) is 3.17. The second-order valence-electron chi connectivity index (χ2n) is 9.02. The molecule has 1 atom stereocenters. The number of anilines is 2. The maximum atomic E-state index is 11.4. The highest BCUT2D eigenvalue weighted by Crippen LogP contribution is 2.18. The van der Waals surface area contributed by atoms with Gasteiger partial charge in [-0.05, 0) is 52.3 Å². The Bertz CT molecular complexity index is 1040. The SMILES string of the molecule is CC(C)(C)OC=O.CC1(C)NC(C=Cc2ccc(Nc3ncc(S(C)(=O)=O)cn3)cc2)CO1. The monoisotopic (exact) mass is 476 g/mol. The first kappa shape index (κ1) is 26.4. The molecule has 0 saturated carbocycles. The molecule has 1 fully saturated rings. The van der Waals surface area contributed by atoms with Gasteiger partial charge in [-0.1, -0.05) is 24.3 Å². The second-order valence-corrected chi connectivity index (χ2v) is 11.0. The number of hydrogen-bond acceptors (Lipinski definition) is 9. The molecule has 1 aliphatic rings. The van der Waals surface area contributed by atoms with Crippen molar-refractivity contribution in [1.82, 2.24) is 15.3 Å². The summed E-state index contributed by atoms with van der Waals surface area (Å²) in [6.45, 7) is 10.6. The van der Waals surface area contributed by atoms with Crippen LogP contribution in [0.1, 0.15) is 40.2 Å². The van der Waals surface area contributed by atoms with Gasteiger partial charge in [-0.25, -0.2) is 18.4 Å². The largest absolute Gasteiger partial charge is 0.462 e. The number of carbonyl (C=O) groups excluding carboxylic acids is 1. The Balaban J connectivity index is 0.000000479. The predicted octanol–water partition coefficient (Wildman–Crippen LogP) is 3.32. The zero-order valence-electron chi connectivity index (χ0n) is 19.8. The first-order chi connectivity index (χ1) is 15.3. The van der Waals surface area contributed by atoms with E-state index in [9.17, 15) is 13.2 Å². The highest BCUT2D eigenvalue weighted by Gasteiger charge is 2.28. The van der Waals surface area contributed by atoms with Gasteiger partial charge < -0.3 is 14.8 Å². The number of rotatable bonds is 6. The van der Waals surface area contributed by atoms with E-state index in [-0.39, 0.29) is 22.3 Å². The Kier molecular flexibility index (Phi) is 8.70. The lowest BCUT2D eigenvalue weighted by atomic mass is 10.1. The Morgan fingerprint density at radius 1 is 1.18 bits per heavy atom. The minimum atomic E-state index is -3.29. The van der Waals surface area contributed by atoms with E-state index >= 15 is 0 Å². The number of ether oxygens (including phenoxy) is 2. The summed E-state index contributed by atoms with van der Waals surface area (Å²) in [5.74, 6) is 0.343. The van der Waals surface area contributed by atoms with Gasteiger partial charge in [0, 0.05) is 11.9 Å². The molecule has 1 aromatic heterocycles. The van der Waals surface area contributed by atoms with Crippen LogP contribution in [0.15, 0.2) is 47.6 Å². The average molecular weight is 477 g/mol. The van der Waals surface area contributed by atoms with Crippen LogP contribution >= 0.6 is 0 Å². The molecule has 2 N–H and O–H groups in total. The van der Waals surface area contributed by atoms with E-state index in [4.69, 9.17) is 4.74 Å². The van der Waals surface area contributed by atoms with E-state index in [1.165, 1.54) is 12.4 Å². The van der Waals surface area contributed by atoms with Gasteiger partial charge >= 0.3 is 0 Å². The smallest absolute Gasteiger partial charge is 0.293 e. The van der Waals surface area contributed by atoms with E-state index in [2.05, 4.69) is 31.4 Å². The van der Waals surface area contributed by atoms with Gasteiger partial charge in [-0.3, -0.25) is 10.1 Å². The molecule has 0 bridgehead atoms. The van der Waals surface area contributed by atoms with Crippen molar-refractivity contribution in [2.75, 3.05) is 18.2 Å². The van der Waals surface area contributed by atoms with Crippen LogP contribution in [0, 0.1) is 0 Å². The van der Waals surface area contributed by atoms with Gasteiger partial charge in [0.2, 0.25) is 5.95 Å². The van der Waals surface area contributed by atoms with E-state index in [0.29, 0.717) is 19.0 Å². The van der Waals surface area contributed by atoms with Crippen molar-refractivity contribution in [2.24, 2.45) is 0 Å². The zero-order valence-corrected chi connectivity index (χ0v) is 20.6. The lowest BCUT2D eigenvalue weighted by Crippen LogP contribution is -2.37. The van der Waals surface area contributed by atoms with Crippen molar-refractivity contribution >= 4 is 34.0 Å². The number of nitrogens with one attached hydrogen (secondary N) is 2. The molecule has 2 heterocycles. The topological polar surface area (TPSA) is 120 Å². The molecule has 1 aromatic carbocycles.